The van der Waals surface area contributed by atoms with E-state index in [1.165, 1.54) is 0 Å². The first-order chi connectivity index (χ1) is 9.22. The van der Waals surface area contributed by atoms with Crippen molar-refractivity contribution in [2.75, 3.05) is 0 Å². The lowest BCUT2D eigenvalue weighted by Crippen LogP contribution is -2.06. The Kier molecular flexibility index (Phi) is 4.16. The van der Waals surface area contributed by atoms with Gasteiger partial charge in [0.15, 0.2) is 0 Å². The third kappa shape index (κ3) is 3.33. The Labute approximate surface area is 113 Å². The molecule has 1 N–H and O–H groups in total. The summed E-state index contributed by atoms with van der Waals surface area (Å²) in [5, 5.41) is 10.00. The minimum atomic E-state index is -0.978. The van der Waals surface area contributed by atoms with Crippen LogP contribution in [-0.2, 0) is 0 Å². The highest BCUT2D eigenvalue weighted by Gasteiger charge is 2.08. The van der Waals surface area contributed by atoms with Crippen LogP contribution < -0.4 is 4.74 Å². The largest absolute Gasteiger partial charge is 0.461 e. The monoisotopic (exact) mass is 252 g/mol. The number of hydrogen-bond donors (Lipinski definition) is 1. The van der Waals surface area contributed by atoms with Gasteiger partial charge in [-0.25, -0.2) is 0 Å². The zero-order chi connectivity index (χ0) is 13.7. The van der Waals surface area contributed by atoms with Crippen molar-refractivity contribution >= 4 is 12.2 Å². The molecule has 2 nitrogen and oxygen atoms in total. The Hall–Kier alpha value is -2.32. The molecule has 0 aliphatic carbocycles. The van der Waals surface area contributed by atoms with E-state index in [-0.39, 0.29) is 0 Å². The maximum atomic E-state index is 10.00. The van der Waals surface area contributed by atoms with Gasteiger partial charge in [-0.3, -0.25) is 0 Å². The molecule has 0 aliphatic rings. The molecule has 0 radical (unpaired) electrons. The molecule has 2 aromatic carbocycles. The predicted molar refractivity (Wildman–Crippen MR) is 78.7 cm³/mol. The molecule has 0 heterocycles. The van der Waals surface area contributed by atoms with Crippen molar-refractivity contribution in [1.29, 1.82) is 0 Å². The van der Waals surface area contributed by atoms with Crippen molar-refractivity contribution in [3.8, 4) is 5.75 Å². The first-order valence-electron chi connectivity index (χ1n) is 6.02. The van der Waals surface area contributed by atoms with Gasteiger partial charge >= 0.3 is 0 Å². The summed E-state index contributed by atoms with van der Waals surface area (Å²) in [7, 11) is 0. The fraction of sp³-hybridized carbons (Fsp3) is 0.0588. The summed E-state index contributed by atoms with van der Waals surface area (Å²) in [6, 6.07) is 14.8. The molecule has 19 heavy (non-hydrogen) atoms. The first kappa shape index (κ1) is 13.1. The summed E-state index contributed by atoms with van der Waals surface area (Å²) in [4.78, 5) is 0. The Morgan fingerprint density at radius 3 is 1.79 bits per heavy atom. The lowest BCUT2D eigenvalue weighted by atomic mass is 10.1. The van der Waals surface area contributed by atoms with Crippen LogP contribution in [0.5, 0.6) is 5.75 Å². The van der Waals surface area contributed by atoms with Crippen molar-refractivity contribution < 1.29 is 9.84 Å². The zero-order valence-corrected chi connectivity index (χ0v) is 10.6. The first-order valence-corrected chi connectivity index (χ1v) is 6.02. The molecular weight excluding hydrogens is 236 g/mol. The summed E-state index contributed by atoms with van der Waals surface area (Å²) in [5.74, 6) is 0.617. The summed E-state index contributed by atoms with van der Waals surface area (Å²) < 4.78 is 5.47. The maximum Gasteiger partial charge on any atom is 0.224 e. The topological polar surface area (TPSA) is 29.5 Å². The third-order valence-corrected chi connectivity index (χ3v) is 2.82. The number of rotatable bonds is 5. The standard InChI is InChI=1S/C17H16O2/c1-3-13-5-9-15(10-6-13)17(18)19-16-11-7-14(4-2)8-12-16/h3-12,17-18H,1-2H2. The molecule has 2 rings (SSSR count). The molecule has 96 valence electrons. The van der Waals surface area contributed by atoms with Gasteiger partial charge in [-0.2, -0.15) is 0 Å². The lowest BCUT2D eigenvalue weighted by Gasteiger charge is -2.14. The van der Waals surface area contributed by atoms with Gasteiger partial charge in [0.25, 0.3) is 0 Å². The van der Waals surface area contributed by atoms with Crippen molar-refractivity contribution in [3.63, 3.8) is 0 Å². The van der Waals surface area contributed by atoms with E-state index < -0.39 is 6.29 Å². The van der Waals surface area contributed by atoms with E-state index in [1.807, 2.05) is 36.4 Å². The number of ether oxygens (including phenoxy) is 1. The molecule has 1 atom stereocenters. The fourth-order valence-corrected chi connectivity index (χ4v) is 1.68. The Morgan fingerprint density at radius 2 is 1.32 bits per heavy atom. The van der Waals surface area contributed by atoms with Gasteiger partial charge in [-0.1, -0.05) is 61.7 Å². The number of aliphatic hydroxyl groups is 1. The number of hydrogen-bond acceptors (Lipinski definition) is 2. The number of benzene rings is 2. The van der Waals surface area contributed by atoms with Crippen LogP contribution in [0.3, 0.4) is 0 Å². The van der Waals surface area contributed by atoms with Crippen LogP contribution in [0.15, 0.2) is 61.7 Å². The molecule has 0 aromatic heterocycles. The molecule has 0 amide bonds. The molecule has 2 aromatic rings. The van der Waals surface area contributed by atoms with E-state index in [2.05, 4.69) is 13.2 Å². The minimum Gasteiger partial charge on any atom is -0.461 e. The minimum absolute atomic E-state index is 0.617. The second kappa shape index (κ2) is 6.03. The van der Waals surface area contributed by atoms with Crippen molar-refractivity contribution in [2.24, 2.45) is 0 Å². The Morgan fingerprint density at radius 1 is 0.842 bits per heavy atom. The van der Waals surface area contributed by atoms with Crippen molar-refractivity contribution in [2.45, 2.75) is 6.29 Å². The van der Waals surface area contributed by atoms with E-state index in [0.717, 1.165) is 11.1 Å². The average Bonchev–Trinajstić information content (AvgIpc) is 2.48. The van der Waals surface area contributed by atoms with E-state index >= 15 is 0 Å². The lowest BCUT2D eigenvalue weighted by molar-refractivity contribution is -0.0194. The van der Waals surface area contributed by atoms with Crippen LogP contribution in [0, 0.1) is 0 Å². The smallest absolute Gasteiger partial charge is 0.224 e. The van der Waals surface area contributed by atoms with Gasteiger partial charge in [0, 0.05) is 5.56 Å². The molecular formula is C17H16O2. The highest BCUT2D eigenvalue weighted by Crippen LogP contribution is 2.21. The Balaban J connectivity index is 2.08. The molecule has 0 saturated heterocycles. The molecule has 0 bridgehead atoms. The van der Waals surface area contributed by atoms with Gasteiger partial charge in [0.1, 0.15) is 5.75 Å². The zero-order valence-electron chi connectivity index (χ0n) is 10.6. The van der Waals surface area contributed by atoms with Gasteiger partial charge in [-0.15, -0.1) is 0 Å². The molecule has 0 aliphatic heterocycles. The highest BCUT2D eigenvalue weighted by atomic mass is 16.6. The highest BCUT2D eigenvalue weighted by molar-refractivity contribution is 5.48. The van der Waals surface area contributed by atoms with Crippen LogP contribution in [-0.4, -0.2) is 5.11 Å². The fourth-order valence-electron chi connectivity index (χ4n) is 1.68. The van der Waals surface area contributed by atoms with Gasteiger partial charge in [0.05, 0.1) is 0 Å². The molecule has 0 saturated carbocycles. The van der Waals surface area contributed by atoms with E-state index in [1.54, 1.807) is 24.3 Å². The quantitative estimate of drug-likeness (QED) is 0.814. The van der Waals surface area contributed by atoms with Crippen LogP contribution in [0.4, 0.5) is 0 Å². The molecule has 0 spiro atoms. The average molecular weight is 252 g/mol. The summed E-state index contributed by atoms with van der Waals surface area (Å²) >= 11 is 0. The predicted octanol–water partition coefficient (Wildman–Crippen LogP) is 4.04. The van der Waals surface area contributed by atoms with Crippen LogP contribution in [0.25, 0.3) is 12.2 Å². The molecule has 2 heteroatoms. The van der Waals surface area contributed by atoms with E-state index in [4.69, 9.17) is 4.74 Å². The van der Waals surface area contributed by atoms with Gasteiger partial charge < -0.3 is 9.84 Å². The normalized spacial score (nSPS) is 11.6. The van der Waals surface area contributed by atoms with Crippen molar-refractivity contribution in [1.82, 2.24) is 0 Å². The second-order valence-electron chi connectivity index (χ2n) is 4.11. The maximum absolute atomic E-state index is 10.00. The molecule has 0 fully saturated rings. The summed E-state index contributed by atoms with van der Waals surface area (Å²) in [5.41, 5.74) is 2.72. The second-order valence-corrected chi connectivity index (χ2v) is 4.11. The van der Waals surface area contributed by atoms with Crippen LogP contribution in [0.2, 0.25) is 0 Å². The van der Waals surface area contributed by atoms with E-state index in [0.29, 0.717) is 11.3 Å². The SMILES string of the molecule is C=Cc1ccc(OC(O)c2ccc(C=C)cc2)cc1. The van der Waals surface area contributed by atoms with Crippen LogP contribution >= 0.6 is 0 Å². The number of aliphatic hydroxyl groups excluding tert-OH is 1. The van der Waals surface area contributed by atoms with Gasteiger partial charge in [-0.05, 0) is 23.3 Å². The van der Waals surface area contributed by atoms with E-state index in [9.17, 15) is 5.11 Å². The van der Waals surface area contributed by atoms with Gasteiger partial charge in [0.2, 0.25) is 6.29 Å². The summed E-state index contributed by atoms with van der Waals surface area (Å²) in [6.45, 7) is 7.37. The molecule has 1 unspecified atom stereocenters. The third-order valence-electron chi connectivity index (χ3n) is 2.82. The van der Waals surface area contributed by atoms with Crippen LogP contribution in [0.1, 0.15) is 23.0 Å². The van der Waals surface area contributed by atoms with Crippen molar-refractivity contribution in [3.05, 3.63) is 78.4 Å². The Bertz CT molecular complexity index is 553. The summed E-state index contributed by atoms with van der Waals surface area (Å²) in [6.07, 6.45) is 2.53.